The number of benzene rings is 2. The zero-order chi connectivity index (χ0) is 17.3. The zero-order valence-electron chi connectivity index (χ0n) is 13.1. The highest BCUT2D eigenvalue weighted by molar-refractivity contribution is 5.94. The molecule has 126 valence electrons. The van der Waals surface area contributed by atoms with E-state index in [1.807, 2.05) is 24.3 Å². The molecule has 0 fully saturated rings. The molecule has 0 aromatic heterocycles. The van der Waals surface area contributed by atoms with Crippen LogP contribution in [0.3, 0.4) is 0 Å². The van der Waals surface area contributed by atoms with Crippen LogP contribution in [-0.4, -0.2) is 31.0 Å². The molecule has 24 heavy (non-hydrogen) atoms. The Morgan fingerprint density at radius 3 is 2.58 bits per heavy atom. The Morgan fingerprint density at radius 2 is 1.88 bits per heavy atom. The fraction of sp³-hybridized carbons (Fsp3) is 0.278. The molecule has 1 aliphatic heterocycles. The van der Waals surface area contributed by atoms with Gasteiger partial charge in [-0.2, -0.15) is 0 Å². The van der Waals surface area contributed by atoms with Crippen LogP contribution in [0.2, 0.25) is 0 Å². The summed E-state index contributed by atoms with van der Waals surface area (Å²) in [4.78, 5) is 13.7. The van der Waals surface area contributed by atoms with E-state index in [-0.39, 0.29) is 18.2 Å². The molecule has 0 saturated heterocycles. The third-order valence-electron chi connectivity index (χ3n) is 4.11. The largest absolute Gasteiger partial charge is 0.371 e. The van der Waals surface area contributed by atoms with Gasteiger partial charge in [0.15, 0.2) is 17.5 Å². The van der Waals surface area contributed by atoms with E-state index in [0.717, 1.165) is 17.5 Å². The van der Waals surface area contributed by atoms with E-state index < -0.39 is 23.4 Å². The molecule has 1 aliphatic rings. The van der Waals surface area contributed by atoms with Gasteiger partial charge < -0.3 is 9.64 Å². The highest BCUT2D eigenvalue weighted by atomic mass is 19.2. The lowest BCUT2D eigenvalue weighted by Crippen LogP contribution is -2.34. The van der Waals surface area contributed by atoms with Gasteiger partial charge in [0.05, 0.1) is 13.2 Å². The van der Waals surface area contributed by atoms with Gasteiger partial charge in [0.25, 0.3) is 5.91 Å². The third-order valence-corrected chi connectivity index (χ3v) is 4.11. The number of fused-ring (bicyclic) bond motifs is 1. The summed E-state index contributed by atoms with van der Waals surface area (Å²) < 4.78 is 45.4. The monoisotopic (exact) mass is 335 g/mol. The van der Waals surface area contributed by atoms with Crippen LogP contribution >= 0.6 is 0 Å². The summed E-state index contributed by atoms with van der Waals surface area (Å²) in [6.07, 6.45) is 0.498. The molecule has 3 rings (SSSR count). The SMILES string of the molecule is CN(C[C@H]1OCCc2ccccc21)C(=O)c1cc(F)c(F)c(F)c1. The van der Waals surface area contributed by atoms with Crippen molar-refractivity contribution in [2.24, 2.45) is 0 Å². The van der Waals surface area contributed by atoms with Gasteiger partial charge >= 0.3 is 0 Å². The maximum Gasteiger partial charge on any atom is 0.253 e. The average Bonchev–Trinajstić information content (AvgIpc) is 2.59. The molecular weight excluding hydrogens is 319 g/mol. The summed E-state index contributed by atoms with van der Waals surface area (Å²) in [6, 6.07) is 9.19. The first-order valence-corrected chi connectivity index (χ1v) is 7.57. The Bertz CT molecular complexity index is 756. The molecule has 2 aromatic rings. The summed E-state index contributed by atoms with van der Waals surface area (Å²) in [6.45, 7) is 0.778. The number of nitrogens with zero attached hydrogens (tertiary/aromatic N) is 1. The van der Waals surface area contributed by atoms with Gasteiger partial charge in [-0.3, -0.25) is 4.79 Å². The predicted octanol–water partition coefficient (Wildman–Crippen LogP) is 3.49. The van der Waals surface area contributed by atoms with Crippen LogP contribution in [0.4, 0.5) is 13.2 Å². The molecule has 0 bridgehead atoms. The summed E-state index contributed by atoms with van der Waals surface area (Å²) in [5.41, 5.74) is 1.92. The molecule has 0 spiro atoms. The zero-order valence-corrected chi connectivity index (χ0v) is 13.1. The number of halogens is 3. The number of carbonyl (C=O) groups excluding carboxylic acids is 1. The normalized spacial score (nSPS) is 16.6. The van der Waals surface area contributed by atoms with Gasteiger partial charge in [-0.05, 0) is 29.7 Å². The van der Waals surface area contributed by atoms with Crippen molar-refractivity contribution in [3.8, 4) is 0 Å². The molecular formula is C18H16F3NO2. The second kappa shape index (κ2) is 6.65. The average molecular weight is 335 g/mol. The van der Waals surface area contributed by atoms with Crippen LogP contribution in [0.5, 0.6) is 0 Å². The molecule has 0 saturated carbocycles. The number of ether oxygens (including phenoxy) is 1. The van der Waals surface area contributed by atoms with Gasteiger partial charge in [0.2, 0.25) is 0 Å². The number of likely N-dealkylation sites (N-methyl/N-ethyl adjacent to an activating group) is 1. The van der Waals surface area contributed by atoms with Crippen molar-refractivity contribution >= 4 is 5.91 Å². The van der Waals surface area contributed by atoms with Crippen LogP contribution in [0, 0.1) is 17.5 Å². The number of hydrogen-bond acceptors (Lipinski definition) is 2. The lowest BCUT2D eigenvalue weighted by Gasteiger charge is -2.29. The van der Waals surface area contributed by atoms with E-state index >= 15 is 0 Å². The molecule has 2 aromatic carbocycles. The first kappa shape index (κ1) is 16.5. The molecule has 0 aliphatic carbocycles. The molecule has 1 atom stereocenters. The molecule has 1 heterocycles. The minimum atomic E-state index is -1.58. The Labute approximate surface area is 137 Å². The number of hydrogen-bond donors (Lipinski definition) is 0. The Morgan fingerprint density at radius 1 is 1.21 bits per heavy atom. The second-order valence-electron chi connectivity index (χ2n) is 5.75. The van der Waals surface area contributed by atoms with Crippen LogP contribution in [-0.2, 0) is 11.2 Å². The highest BCUT2D eigenvalue weighted by Crippen LogP contribution is 2.27. The number of rotatable bonds is 3. The fourth-order valence-corrected chi connectivity index (χ4v) is 2.86. The van der Waals surface area contributed by atoms with E-state index in [9.17, 15) is 18.0 Å². The minimum Gasteiger partial charge on any atom is -0.371 e. The van der Waals surface area contributed by atoms with Crippen molar-refractivity contribution in [3.05, 3.63) is 70.5 Å². The van der Waals surface area contributed by atoms with Crippen molar-refractivity contribution in [2.45, 2.75) is 12.5 Å². The fourth-order valence-electron chi connectivity index (χ4n) is 2.86. The van der Waals surface area contributed by atoms with Gasteiger partial charge in [-0.15, -0.1) is 0 Å². The van der Waals surface area contributed by atoms with E-state index in [4.69, 9.17) is 4.74 Å². The number of carbonyl (C=O) groups is 1. The summed E-state index contributed by atoms with van der Waals surface area (Å²) in [5, 5.41) is 0. The van der Waals surface area contributed by atoms with E-state index in [1.165, 1.54) is 11.9 Å². The molecule has 0 unspecified atom stereocenters. The van der Waals surface area contributed by atoms with Crippen LogP contribution in [0.25, 0.3) is 0 Å². The molecule has 3 nitrogen and oxygen atoms in total. The second-order valence-corrected chi connectivity index (χ2v) is 5.75. The lowest BCUT2D eigenvalue weighted by molar-refractivity contribution is 0.0200. The van der Waals surface area contributed by atoms with Crippen molar-refractivity contribution in [3.63, 3.8) is 0 Å². The Kier molecular flexibility index (Phi) is 4.57. The minimum absolute atomic E-state index is 0.233. The maximum absolute atomic E-state index is 13.3. The van der Waals surface area contributed by atoms with Crippen LogP contribution < -0.4 is 0 Å². The quantitative estimate of drug-likeness (QED) is 0.804. The topological polar surface area (TPSA) is 29.5 Å². The van der Waals surface area contributed by atoms with Crippen LogP contribution in [0.1, 0.15) is 27.6 Å². The van der Waals surface area contributed by atoms with Crippen LogP contribution in [0.15, 0.2) is 36.4 Å². The molecule has 6 heteroatoms. The number of amides is 1. The first-order valence-electron chi connectivity index (χ1n) is 7.57. The predicted molar refractivity (Wildman–Crippen MR) is 82.1 cm³/mol. The lowest BCUT2D eigenvalue weighted by atomic mass is 9.97. The van der Waals surface area contributed by atoms with Crippen molar-refractivity contribution in [1.29, 1.82) is 0 Å². The summed E-state index contributed by atoms with van der Waals surface area (Å²) in [7, 11) is 1.52. The Balaban J connectivity index is 1.78. The van der Waals surface area contributed by atoms with E-state index in [2.05, 4.69) is 0 Å². The van der Waals surface area contributed by atoms with E-state index in [0.29, 0.717) is 18.7 Å². The summed E-state index contributed by atoms with van der Waals surface area (Å²) in [5.74, 6) is -4.95. The standard InChI is InChI=1S/C18H16F3NO2/c1-22(18(23)12-8-14(19)17(21)15(20)9-12)10-16-13-5-3-2-4-11(13)6-7-24-16/h2-5,8-9,16H,6-7,10H2,1H3/t16-/m1/s1. The Hall–Kier alpha value is -2.34. The third kappa shape index (κ3) is 3.14. The van der Waals surface area contributed by atoms with Crippen molar-refractivity contribution in [2.75, 3.05) is 20.2 Å². The first-order chi connectivity index (χ1) is 11.5. The van der Waals surface area contributed by atoms with Crippen molar-refractivity contribution in [1.82, 2.24) is 4.90 Å². The summed E-state index contributed by atoms with van der Waals surface area (Å²) >= 11 is 0. The van der Waals surface area contributed by atoms with Gasteiger partial charge in [-0.25, -0.2) is 13.2 Å². The van der Waals surface area contributed by atoms with E-state index in [1.54, 1.807) is 0 Å². The van der Waals surface area contributed by atoms with Crippen molar-refractivity contribution < 1.29 is 22.7 Å². The maximum atomic E-state index is 13.3. The molecule has 0 N–H and O–H groups in total. The van der Waals surface area contributed by atoms with Gasteiger partial charge in [-0.1, -0.05) is 24.3 Å². The molecule has 1 amide bonds. The smallest absolute Gasteiger partial charge is 0.253 e. The van der Waals surface area contributed by atoms with Gasteiger partial charge in [0, 0.05) is 12.6 Å². The molecule has 0 radical (unpaired) electrons. The highest BCUT2D eigenvalue weighted by Gasteiger charge is 2.25. The van der Waals surface area contributed by atoms with Gasteiger partial charge in [0.1, 0.15) is 6.10 Å².